The minimum atomic E-state index is -0.897. The fourth-order valence-electron chi connectivity index (χ4n) is 4.59. The van der Waals surface area contributed by atoms with Crippen LogP contribution in [0, 0.1) is 5.41 Å². The third kappa shape index (κ3) is 4.81. The number of likely N-dealkylation sites (tertiary alicyclic amines) is 1. The maximum absolute atomic E-state index is 12.8. The van der Waals surface area contributed by atoms with Crippen LogP contribution in [0.5, 0.6) is 0 Å². The molecule has 3 rings (SSSR count). The van der Waals surface area contributed by atoms with Gasteiger partial charge in [-0.3, -0.25) is 0 Å². The van der Waals surface area contributed by atoms with E-state index in [0.717, 1.165) is 11.4 Å². The Morgan fingerprint density at radius 1 is 1.22 bits per heavy atom. The number of nitrogens with zero attached hydrogens (tertiary/aromatic N) is 3. The molecule has 2 aromatic rings. The number of rotatable bonds is 5. The smallest absolute Gasteiger partial charge is 0.407 e. The van der Waals surface area contributed by atoms with E-state index < -0.39 is 6.09 Å². The van der Waals surface area contributed by atoms with E-state index in [9.17, 15) is 14.7 Å². The van der Waals surface area contributed by atoms with Gasteiger partial charge in [-0.25, -0.2) is 14.3 Å². The van der Waals surface area contributed by atoms with Crippen molar-refractivity contribution < 1.29 is 19.4 Å². The number of esters is 1. The number of carbonyl (C=O) groups excluding carboxylic acids is 1. The van der Waals surface area contributed by atoms with E-state index in [0.29, 0.717) is 30.9 Å². The van der Waals surface area contributed by atoms with Crippen molar-refractivity contribution in [3.63, 3.8) is 0 Å². The molecule has 1 fully saturated rings. The summed E-state index contributed by atoms with van der Waals surface area (Å²) < 4.78 is 7.15. The lowest BCUT2D eigenvalue weighted by atomic mass is 9.75. The molecule has 1 amide bonds. The molecule has 0 aliphatic carbocycles. The molecule has 1 aromatic heterocycles. The van der Waals surface area contributed by atoms with Crippen molar-refractivity contribution in [2.75, 3.05) is 13.2 Å². The summed E-state index contributed by atoms with van der Waals surface area (Å²) in [6.07, 6.45) is 1.94. The van der Waals surface area contributed by atoms with Gasteiger partial charge in [0.15, 0.2) is 0 Å². The molecule has 32 heavy (non-hydrogen) atoms. The molecule has 1 aromatic carbocycles. The number of piperidine rings is 1. The molecule has 174 valence electrons. The van der Waals surface area contributed by atoms with Crippen LogP contribution in [0.1, 0.15) is 87.8 Å². The van der Waals surface area contributed by atoms with E-state index in [4.69, 9.17) is 4.74 Å². The number of carbonyl (C=O) groups is 2. The zero-order chi connectivity index (χ0) is 23.6. The first kappa shape index (κ1) is 23.8. The molecule has 0 spiro atoms. The molecule has 2 unspecified atom stereocenters. The monoisotopic (exact) mass is 441 g/mol. The van der Waals surface area contributed by atoms with Crippen LogP contribution >= 0.6 is 0 Å². The molecular weight excluding hydrogens is 406 g/mol. The highest BCUT2D eigenvalue weighted by Crippen LogP contribution is 2.40. The first-order valence-corrected chi connectivity index (χ1v) is 11.4. The molecule has 2 atom stereocenters. The minimum Gasteiger partial charge on any atom is -0.465 e. The van der Waals surface area contributed by atoms with Gasteiger partial charge in [-0.15, -0.1) is 0 Å². The van der Waals surface area contributed by atoms with Crippen LogP contribution in [0.25, 0.3) is 5.69 Å². The molecule has 1 N–H and O–H groups in total. The molecule has 0 radical (unpaired) electrons. The van der Waals surface area contributed by atoms with Gasteiger partial charge in [0, 0.05) is 18.5 Å². The Hall–Kier alpha value is -2.83. The largest absolute Gasteiger partial charge is 0.465 e. The van der Waals surface area contributed by atoms with Crippen LogP contribution in [-0.4, -0.2) is 51.0 Å². The summed E-state index contributed by atoms with van der Waals surface area (Å²) in [5.74, 6) is 0.0196. The number of ether oxygens (including phenoxy) is 1. The summed E-state index contributed by atoms with van der Waals surface area (Å²) in [7, 11) is 0. The van der Waals surface area contributed by atoms with Gasteiger partial charge in [-0.1, -0.05) is 46.8 Å². The Bertz CT molecular complexity index is 957. The summed E-state index contributed by atoms with van der Waals surface area (Å²) in [5.41, 5.74) is 3.15. The quantitative estimate of drug-likeness (QED) is 0.624. The number of carboxylic acid groups (broad SMARTS) is 1. The molecule has 0 bridgehead atoms. The molecule has 0 saturated carbocycles. The average Bonchev–Trinajstić information content (AvgIpc) is 3.18. The lowest BCUT2D eigenvalue weighted by Gasteiger charge is -2.44. The van der Waals surface area contributed by atoms with Crippen LogP contribution < -0.4 is 0 Å². The average molecular weight is 442 g/mol. The molecule has 7 nitrogen and oxygen atoms in total. The van der Waals surface area contributed by atoms with E-state index >= 15 is 0 Å². The van der Waals surface area contributed by atoms with Crippen molar-refractivity contribution in [2.24, 2.45) is 5.41 Å². The zero-order valence-electron chi connectivity index (χ0n) is 20.0. The Kier molecular flexibility index (Phi) is 6.96. The third-order valence-corrected chi connectivity index (χ3v) is 6.34. The number of aromatic nitrogens is 2. The van der Waals surface area contributed by atoms with Crippen molar-refractivity contribution in [1.82, 2.24) is 14.7 Å². The lowest BCUT2D eigenvalue weighted by Crippen LogP contribution is -2.51. The van der Waals surface area contributed by atoms with Gasteiger partial charge in [0.2, 0.25) is 0 Å². The normalized spacial score (nSPS) is 19.3. The van der Waals surface area contributed by atoms with Crippen molar-refractivity contribution in [3.8, 4) is 5.69 Å². The van der Waals surface area contributed by atoms with Gasteiger partial charge in [0.1, 0.15) is 5.56 Å². The molecule has 7 heteroatoms. The van der Waals surface area contributed by atoms with Crippen LogP contribution in [0.2, 0.25) is 0 Å². The fourth-order valence-corrected chi connectivity index (χ4v) is 4.59. The molecule has 1 saturated heterocycles. The first-order valence-electron chi connectivity index (χ1n) is 11.4. The highest BCUT2D eigenvalue weighted by molar-refractivity contribution is 5.90. The highest BCUT2D eigenvalue weighted by Gasteiger charge is 2.41. The lowest BCUT2D eigenvalue weighted by molar-refractivity contribution is 0.0483. The van der Waals surface area contributed by atoms with E-state index in [1.807, 2.05) is 16.8 Å². The SMILES string of the molecule is CCOC(=O)c1cnn(-c2ccc(C(C)C)cc2)c1C1CCN(C(=O)O)C(C(C)(C)C)C1. The maximum Gasteiger partial charge on any atom is 0.407 e. The Morgan fingerprint density at radius 2 is 1.88 bits per heavy atom. The third-order valence-electron chi connectivity index (χ3n) is 6.34. The molecule has 2 heterocycles. The maximum atomic E-state index is 12.8. The van der Waals surface area contributed by atoms with Gasteiger partial charge < -0.3 is 14.7 Å². The fraction of sp³-hybridized carbons (Fsp3) is 0.560. The van der Waals surface area contributed by atoms with Crippen molar-refractivity contribution >= 4 is 12.1 Å². The number of hydrogen-bond acceptors (Lipinski definition) is 4. The van der Waals surface area contributed by atoms with Crippen LogP contribution in [-0.2, 0) is 4.74 Å². The highest BCUT2D eigenvalue weighted by atomic mass is 16.5. The van der Waals surface area contributed by atoms with E-state index in [2.05, 4.69) is 51.9 Å². The molecular formula is C25H35N3O4. The summed E-state index contributed by atoms with van der Waals surface area (Å²) in [5, 5.41) is 14.3. The van der Waals surface area contributed by atoms with Gasteiger partial charge in [-0.05, 0) is 48.8 Å². The van der Waals surface area contributed by atoms with Gasteiger partial charge in [-0.2, -0.15) is 5.10 Å². The van der Waals surface area contributed by atoms with Crippen molar-refractivity contribution in [3.05, 3.63) is 47.3 Å². The van der Waals surface area contributed by atoms with E-state index in [1.165, 1.54) is 5.56 Å². The second-order valence-electron chi connectivity index (χ2n) is 9.90. The Morgan fingerprint density at radius 3 is 2.41 bits per heavy atom. The molecule has 1 aliphatic heterocycles. The van der Waals surface area contributed by atoms with E-state index in [-0.39, 0.29) is 30.0 Å². The first-order chi connectivity index (χ1) is 15.0. The van der Waals surface area contributed by atoms with Crippen molar-refractivity contribution in [2.45, 2.75) is 72.3 Å². The summed E-state index contributed by atoms with van der Waals surface area (Å²) in [6.45, 7) is 13.0. The molecule has 1 aliphatic rings. The Labute approximate surface area is 190 Å². The topological polar surface area (TPSA) is 84.7 Å². The number of amides is 1. The van der Waals surface area contributed by atoms with Gasteiger partial charge in [0.25, 0.3) is 0 Å². The van der Waals surface area contributed by atoms with Gasteiger partial charge in [0.05, 0.1) is 24.2 Å². The van der Waals surface area contributed by atoms with Crippen LogP contribution in [0.4, 0.5) is 4.79 Å². The van der Waals surface area contributed by atoms with Gasteiger partial charge >= 0.3 is 12.1 Å². The summed E-state index contributed by atoms with van der Waals surface area (Å²) in [6, 6.07) is 8.05. The Balaban J connectivity index is 2.06. The number of benzene rings is 1. The van der Waals surface area contributed by atoms with Crippen LogP contribution in [0.15, 0.2) is 30.5 Å². The van der Waals surface area contributed by atoms with E-state index in [1.54, 1.807) is 18.0 Å². The predicted molar refractivity (Wildman–Crippen MR) is 124 cm³/mol. The number of hydrogen-bond donors (Lipinski definition) is 1. The zero-order valence-corrected chi connectivity index (χ0v) is 20.0. The standard InChI is InChI=1S/C25H35N3O4/c1-7-32-23(29)20-15-26-28(19-10-8-17(9-11-19)16(2)3)22(20)18-12-13-27(24(30)31)21(14-18)25(4,5)6/h8-11,15-16,18,21H,7,12-14H2,1-6H3,(H,30,31). The minimum absolute atomic E-state index is 0.0125. The van der Waals surface area contributed by atoms with Crippen LogP contribution in [0.3, 0.4) is 0 Å². The second kappa shape index (κ2) is 9.35. The summed E-state index contributed by atoms with van der Waals surface area (Å²) in [4.78, 5) is 26.2. The summed E-state index contributed by atoms with van der Waals surface area (Å²) >= 11 is 0. The predicted octanol–water partition coefficient (Wildman–Crippen LogP) is 5.44. The second-order valence-corrected chi connectivity index (χ2v) is 9.90. The van der Waals surface area contributed by atoms with Crippen molar-refractivity contribution in [1.29, 1.82) is 0 Å².